The minimum Gasteiger partial charge on any atom is -0.467 e. The maximum absolute atomic E-state index is 8.75. The van der Waals surface area contributed by atoms with Crippen molar-refractivity contribution >= 4 is 0 Å². The minimum absolute atomic E-state index is 0.00606. The summed E-state index contributed by atoms with van der Waals surface area (Å²) in [7, 11) is 0. The van der Waals surface area contributed by atoms with Crippen molar-refractivity contribution in [3.8, 4) is 0 Å². The topological polar surface area (TPSA) is 42.6 Å². The second-order valence-corrected chi connectivity index (χ2v) is 3.37. The summed E-state index contributed by atoms with van der Waals surface area (Å²) in [6.45, 7) is 4.18. The van der Waals surface area contributed by atoms with Crippen molar-refractivity contribution in [1.82, 2.24) is 0 Å². The van der Waals surface area contributed by atoms with Gasteiger partial charge in [0.1, 0.15) is 11.9 Å². The molecule has 1 heterocycles. The van der Waals surface area contributed by atoms with E-state index < -0.39 is 0 Å². The third-order valence-electron chi connectivity index (χ3n) is 2.16. The average Bonchev–Trinajstić information content (AvgIpc) is 2.67. The predicted molar refractivity (Wildman–Crippen MR) is 54.0 cm³/mol. The van der Waals surface area contributed by atoms with E-state index in [4.69, 9.17) is 14.3 Å². The van der Waals surface area contributed by atoms with Gasteiger partial charge in [-0.1, -0.05) is 6.92 Å². The largest absolute Gasteiger partial charge is 0.467 e. The molecule has 0 amide bonds. The molecule has 0 saturated carbocycles. The standard InChI is InChI=1S/C11H18O3/c1-3-10(11-5-4-8-13-11)14-9(2)6-7-12/h4-5,8-10,12H,3,6-7H2,1-2H3. The van der Waals surface area contributed by atoms with Crippen molar-refractivity contribution in [3.63, 3.8) is 0 Å². The average molecular weight is 198 g/mol. The van der Waals surface area contributed by atoms with Gasteiger partial charge < -0.3 is 14.3 Å². The third kappa shape index (κ3) is 3.16. The van der Waals surface area contributed by atoms with E-state index in [0.29, 0.717) is 6.42 Å². The Morgan fingerprint density at radius 2 is 2.36 bits per heavy atom. The van der Waals surface area contributed by atoms with Crippen LogP contribution in [0.25, 0.3) is 0 Å². The molecule has 1 N–H and O–H groups in total. The Hall–Kier alpha value is -0.800. The summed E-state index contributed by atoms with van der Waals surface area (Å²) in [5.74, 6) is 0.859. The van der Waals surface area contributed by atoms with Crippen LogP contribution < -0.4 is 0 Å². The van der Waals surface area contributed by atoms with Crippen LogP contribution in [-0.4, -0.2) is 17.8 Å². The summed E-state index contributed by atoms with van der Waals surface area (Å²) in [5, 5.41) is 8.75. The molecule has 0 spiro atoms. The van der Waals surface area contributed by atoms with E-state index in [2.05, 4.69) is 6.92 Å². The molecular formula is C11H18O3. The second kappa shape index (κ2) is 5.83. The fourth-order valence-corrected chi connectivity index (χ4v) is 1.37. The lowest BCUT2D eigenvalue weighted by molar-refractivity contribution is -0.0266. The molecule has 0 aliphatic heterocycles. The smallest absolute Gasteiger partial charge is 0.132 e. The molecule has 1 aromatic rings. The van der Waals surface area contributed by atoms with E-state index in [-0.39, 0.29) is 18.8 Å². The molecule has 0 fully saturated rings. The minimum atomic E-state index is 0.00606. The van der Waals surface area contributed by atoms with Crippen molar-refractivity contribution in [1.29, 1.82) is 0 Å². The van der Waals surface area contributed by atoms with Crippen molar-refractivity contribution in [3.05, 3.63) is 24.2 Å². The number of hydrogen-bond donors (Lipinski definition) is 1. The Bertz CT molecular complexity index is 231. The van der Waals surface area contributed by atoms with Gasteiger partial charge in [-0.05, 0) is 31.9 Å². The molecule has 0 aliphatic carbocycles. The van der Waals surface area contributed by atoms with Gasteiger partial charge in [-0.15, -0.1) is 0 Å². The first-order valence-electron chi connectivity index (χ1n) is 5.07. The van der Waals surface area contributed by atoms with Gasteiger partial charge in [0.2, 0.25) is 0 Å². The summed E-state index contributed by atoms with van der Waals surface area (Å²) in [4.78, 5) is 0. The van der Waals surface area contributed by atoms with E-state index in [1.807, 2.05) is 19.1 Å². The van der Waals surface area contributed by atoms with E-state index in [1.54, 1.807) is 6.26 Å². The molecule has 0 radical (unpaired) electrons. The van der Waals surface area contributed by atoms with Crippen LogP contribution in [0.15, 0.2) is 22.8 Å². The van der Waals surface area contributed by atoms with Crippen molar-refractivity contribution in [2.45, 2.75) is 38.9 Å². The highest BCUT2D eigenvalue weighted by Gasteiger charge is 2.15. The lowest BCUT2D eigenvalue weighted by Crippen LogP contribution is -2.14. The van der Waals surface area contributed by atoms with Gasteiger partial charge in [0.05, 0.1) is 12.4 Å². The first-order valence-corrected chi connectivity index (χ1v) is 5.07. The summed E-state index contributed by atoms with van der Waals surface area (Å²) < 4.78 is 11.0. The van der Waals surface area contributed by atoms with Gasteiger partial charge in [-0.25, -0.2) is 0 Å². The zero-order valence-corrected chi connectivity index (χ0v) is 8.77. The van der Waals surface area contributed by atoms with Crippen molar-refractivity contribution in [2.24, 2.45) is 0 Å². The van der Waals surface area contributed by atoms with Crippen LogP contribution in [0.5, 0.6) is 0 Å². The van der Waals surface area contributed by atoms with Crippen LogP contribution in [0.1, 0.15) is 38.6 Å². The number of rotatable bonds is 6. The van der Waals surface area contributed by atoms with Crippen LogP contribution >= 0.6 is 0 Å². The van der Waals surface area contributed by atoms with E-state index in [0.717, 1.165) is 12.2 Å². The number of ether oxygens (including phenoxy) is 1. The Morgan fingerprint density at radius 1 is 1.57 bits per heavy atom. The van der Waals surface area contributed by atoms with Gasteiger partial charge in [0.15, 0.2) is 0 Å². The highest BCUT2D eigenvalue weighted by Crippen LogP contribution is 2.23. The lowest BCUT2D eigenvalue weighted by atomic mass is 10.2. The molecule has 0 bridgehead atoms. The predicted octanol–water partition coefficient (Wildman–Crippen LogP) is 2.52. The Kier molecular flexibility index (Phi) is 4.70. The normalized spacial score (nSPS) is 15.4. The van der Waals surface area contributed by atoms with Crippen molar-refractivity contribution < 1.29 is 14.3 Å². The Morgan fingerprint density at radius 3 is 2.86 bits per heavy atom. The highest BCUT2D eigenvalue weighted by molar-refractivity contribution is 5.01. The molecule has 3 heteroatoms. The summed E-state index contributed by atoms with van der Waals surface area (Å²) in [5.41, 5.74) is 0. The quantitative estimate of drug-likeness (QED) is 0.763. The van der Waals surface area contributed by atoms with E-state index in [9.17, 15) is 0 Å². The summed E-state index contributed by atoms with van der Waals surface area (Å²) >= 11 is 0. The van der Waals surface area contributed by atoms with Gasteiger partial charge in [-0.2, -0.15) is 0 Å². The maximum Gasteiger partial charge on any atom is 0.132 e. The van der Waals surface area contributed by atoms with Gasteiger partial charge in [-0.3, -0.25) is 0 Å². The van der Waals surface area contributed by atoms with E-state index in [1.165, 1.54) is 0 Å². The molecular weight excluding hydrogens is 180 g/mol. The van der Waals surface area contributed by atoms with Crippen molar-refractivity contribution in [2.75, 3.05) is 6.61 Å². The molecule has 3 nitrogen and oxygen atoms in total. The molecule has 1 aromatic heterocycles. The number of aliphatic hydroxyl groups excluding tert-OH is 1. The first-order chi connectivity index (χ1) is 6.77. The number of furan rings is 1. The molecule has 2 atom stereocenters. The molecule has 14 heavy (non-hydrogen) atoms. The fourth-order valence-electron chi connectivity index (χ4n) is 1.37. The fraction of sp³-hybridized carbons (Fsp3) is 0.636. The zero-order chi connectivity index (χ0) is 10.4. The lowest BCUT2D eigenvalue weighted by Gasteiger charge is -2.18. The number of aliphatic hydroxyl groups is 1. The van der Waals surface area contributed by atoms with Crippen LogP contribution in [0, 0.1) is 0 Å². The Balaban J connectivity index is 2.47. The van der Waals surface area contributed by atoms with Crippen LogP contribution in [-0.2, 0) is 4.74 Å². The molecule has 80 valence electrons. The SMILES string of the molecule is CCC(OC(C)CCO)c1ccco1. The number of hydrogen-bond acceptors (Lipinski definition) is 3. The van der Waals surface area contributed by atoms with Gasteiger partial charge in [0.25, 0.3) is 0 Å². The first kappa shape index (κ1) is 11.3. The molecule has 0 aliphatic rings. The Labute approximate surface area is 84.7 Å². The molecule has 2 unspecified atom stereocenters. The molecule has 0 aromatic carbocycles. The van der Waals surface area contributed by atoms with Crippen LogP contribution in [0.4, 0.5) is 0 Å². The maximum atomic E-state index is 8.75. The van der Waals surface area contributed by atoms with Crippen LogP contribution in [0.3, 0.4) is 0 Å². The van der Waals surface area contributed by atoms with Gasteiger partial charge in [0, 0.05) is 6.61 Å². The second-order valence-electron chi connectivity index (χ2n) is 3.37. The van der Waals surface area contributed by atoms with Gasteiger partial charge >= 0.3 is 0 Å². The van der Waals surface area contributed by atoms with Crippen LogP contribution in [0.2, 0.25) is 0 Å². The summed E-state index contributed by atoms with van der Waals surface area (Å²) in [6.07, 6.45) is 3.26. The molecule has 1 rings (SSSR count). The monoisotopic (exact) mass is 198 g/mol. The third-order valence-corrected chi connectivity index (χ3v) is 2.16. The van der Waals surface area contributed by atoms with E-state index >= 15 is 0 Å². The molecule has 0 saturated heterocycles. The zero-order valence-electron chi connectivity index (χ0n) is 8.77. The summed E-state index contributed by atoms with van der Waals surface area (Å²) in [6, 6.07) is 3.78. The highest BCUT2D eigenvalue weighted by atomic mass is 16.5.